The van der Waals surface area contributed by atoms with Crippen molar-refractivity contribution in [1.29, 1.82) is 0 Å². The molecule has 1 aliphatic rings. The molecular formula is C30H38F3N3O5. The van der Waals surface area contributed by atoms with Crippen LogP contribution in [0, 0.1) is 24.2 Å². The van der Waals surface area contributed by atoms with E-state index >= 15 is 0 Å². The smallest absolute Gasteiger partial charge is 0.416 e. The van der Waals surface area contributed by atoms with Gasteiger partial charge in [-0.1, -0.05) is 32.9 Å². The number of nitrogens with one attached hydrogen (secondary N) is 3. The number of carboxylic acid groups (broad SMARTS) is 1. The number of halogens is 3. The van der Waals surface area contributed by atoms with E-state index in [9.17, 15) is 32.7 Å². The molecule has 3 rings (SSSR count). The maximum Gasteiger partial charge on any atom is 0.416 e. The molecule has 3 amide bonds. The molecule has 2 unspecified atom stereocenters. The van der Waals surface area contributed by atoms with Crippen LogP contribution >= 0.6 is 0 Å². The van der Waals surface area contributed by atoms with Gasteiger partial charge in [0.25, 0.3) is 5.91 Å². The highest BCUT2D eigenvalue weighted by Crippen LogP contribution is 2.43. The van der Waals surface area contributed by atoms with E-state index in [1.807, 2.05) is 0 Å². The highest BCUT2D eigenvalue weighted by molar-refractivity contribution is 5.94. The molecule has 2 aromatic carbocycles. The second-order valence-corrected chi connectivity index (χ2v) is 11.8. The lowest BCUT2D eigenvalue weighted by Crippen LogP contribution is -2.39. The summed E-state index contributed by atoms with van der Waals surface area (Å²) in [6, 6.07) is 8.74. The maximum absolute atomic E-state index is 13.3. The van der Waals surface area contributed by atoms with E-state index in [0.717, 1.165) is 43.4 Å². The van der Waals surface area contributed by atoms with E-state index in [4.69, 9.17) is 5.11 Å². The summed E-state index contributed by atoms with van der Waals surface area (Å²) in [4.78, 5) is 36.3. The lowest BCUT2D eigenvalue weighted by atomic mass is 9.68. The second-order valence-electron chi connectivity index (χ2n) is 11.8. The number of urea groups is 1. The van der Waals surface area contributed by atoms with Crippen molar-refractivity contribution in [3.63, 3.8) is 0 Å². The first-order chi connectivity index (χ1) is 19.0. The molecule has 2 atom stereocenters. The summed E-state index contributed by atoms with van der Waals surface area (Å²) in [5.41, 5.74) is 0.648. The number of carbonyl (C=O) groups excluding carboxylic acids is 2. The minimum atomic E-state index is -4.55. The molecule has 0 spiro atoms. The first-order valence-corrected chi connectivity index (χ1v) is 13.6. The molecular weight excluding hydrogens is 539 g/mol. The predicted molar refractivity (Wildman–Crippen MR) is 148 cm³/mol. The number of benzene rings is 2. The summed E-state index contributed by atoms with van der Waals surface area (Å²) in [5.74, 6) is -1.43. The van der Waals surface area contributed by atoms with Crippen LogP contribution in [0.4, 0.5) is 23.7 Å². The molecule has 0 aromatic heterocycles. The third-order valence-corrected chi connectivity index (χ3v) is 7.69. The van der Waals surface area contributed by atoms with Gasteiger partial charge in [-0.25, -0.2) is 9.59 Å². The highest BCUT2D eigenvalue weighted by atomic mass is 19.4. The molecule has 11 heteroatoms. The van der Waals surface area contributed by atoms with Crippen LogP contribution in [0.3, 0.4) is 0 Å². The maximum atomic E-state index is 13.3. The Morgan fingerprint density at radius 1 is 0.976 bits per heavy atom. The average Bonchev–Trinajstić information content (AvgIpc) is 2.89. The van der Waals surface area contributed by atoms with Crippen LogP contribution in [0.15, 0.2) is 42.5 Å². The summed E-state index contributed by atoms with van der Waals surface area (Å²) in [6.07, 6.45) is -2.67. The van der Waals surface area contributed by atoms with Crippen molar-refractivity contribution in [3.05, 3.63) is 64.7 Å². The Hall–Kier alpha value is -3.60. The summed E-state index contributed by atoms with van der Waals surface area (Å²) in [5, 5.41) is 26.0. The predicted octanol–water partition coefficient (Wildman–Crippen LogP) is 5.90. The minimum Gasteiger partial charge on any atom is -0.479 e. The number of aliphatic carboxylic acids is 1. The van der Waals surface area contributed by atoms with Crippen molar-refractivity contribution in [2.24, 2.45) is 17.3 Å². The first kappa shape index (κ1) is 31.9. The van der Waals surface area contributed by atoms with Gasteiger partial charge in [-0.2, -0.15) is 13.2 Å². The van der Waals surface area contributed by atoms with Crippen LogP contribution in [0.1, 0.15) is 79.5 Å². The number of carbonyl (C=O) groups is 3. The molecule has 0 bridgehead atoms. The first-order valence-electron chi connectivity index (χ1n) is 13.6. The van der Waals surface area contributed by atoms with Crippen molar-refractivity contribution >= 4 is 23.6 Å². The van der Waals surface area contributed by atoms with Crippen LogP contribution in [-0.4, -0.2) is 40.8 Å². The number of anilines is 1. The van der Waals surface area contributed by atoms with Gasteiger partial charge in [0.1, 0.15) is 0 Å². The molecule has 0 saturated heterocycles. The topological polar surface area (TPSA) is 128 Å². The van der Waals surface area contributed by atoms with Crippen molar-refractivity contribution in [2.45, 2.75) is 71.7 Å². The zero-order valence-corrected chi connectivity index (χ0v) is 23.6. The number of aliphatic hydroxyl groups excluding tert-OH is 1. The fraction of sp³-hybridized carbons (Fsp3) is 0.500. The summed E-state index contributed by atoms with van der Waals surface area (Å²) < 4.78 is 39.9. The van der Waals surface area contributed by atoms with Gasteiger partial charge in [0.15, 0.2) is 6.10 Å². The van der Waals surface area contributed by atoms with E-state index in [0.29, 0.717) is 11.5 Å². The van der Waals surface area contributed by atoms with Crippen LogP contribution in [0.5, 0.6) is 0 Å². The van der Waals surface area contributed by atoms with Crippen LogP contribution in [0.25, 0.3) is 0 Å². The Morgan fingerprint density at radius 3 is 2.12 bits per heavy atom. The lowest BCUT2D eigenvalue weighted by molar-refractivity contribution is -0.146. The molecule has 1 aliphatic carbocycles. The number of amides is 3. The molecule has 0 heterocycles. The van der Waals surface area contributed by atoms with Crippen molar-refractivity contribution in [2.75, 3.05) is 11.9 Å². The van der Waals surface area contributed by atoms with E-state index < -0.39 is 48.3 Å². The monoisotopic (exact) mass is 577 g/mol. The average molecular weight is 578 g/mol. The standard InChI is InChI=1S/C30H38F3N3O5/c1-17-13-22(30(31,32)33)15-23(14-17)35-28(41)36-25(19-9-11-21(12-10-19)29(2,3)4)18-5-7-20(8-6-18)26(38)34-16-24(37)27(39)40/h5-8,13-15,19,21,24-25,37H,9-12,16H2,1-4H3,(H,34,38)(H,39,40)(H2,35,36,41). The number of aryl methyl sites for hydroxylation is 1. The Labute approximate surface area is 237 Å². The number of hydrogen-bond acceptors (Lipinski definition) is 4. The number of carboxylic acids is 1. The third-order valence-electron chi connectivity index (χ3n) is 7.69. The third kappa shape index (κ3) is 8.94. The molecule has 2 aromatic rings. The Balaban J connectivity index is 1.79. The zero-order valence-electron chi connectivity index (χ0n) is 23.6. The molecule has 8 nitrogen and oxygen atoms in total. The van der Waals surface area contributed by atoms with Gasteiger partial charge in [-0.05, 0) is 91.3 Å². The molecule has 1 saturated carbocycles. The Kier molecular flexibility index (Phi) is 10.1. The lowest BCUT2D eigenvalue weighted by Gasteiger charge is -2.39. The quantitative estimate of drug-likeness (QED) is 0.267. The molecule has 5 N–H and O–H groups in total. The van der Waals surface area contributed by atoms with Gasteiger partial charge in [0.05, 0.1) is 18.2 Å². The zero-order chi connectivity index (χ0) is 30.5. The number of alkyl halides is 3. The van der Waals surface area contributed by atoms with Gasteiger partial charge in [0.2, 0.25) is 0 Å². The molecule has 41 heavy (non-hydrogen) atoms. The number of rotatable bonds is 8. The van der Waals surface area contributed by atoms with Crippen molar-refractivity contribution in [1.82, 2.24) is 10.6 Å². The number of aliphatic hydroxyl groups is 1. The molecule has 224 valence electrons. The van der Waals surface area contributed by atoms with E-state index in [1.54, 1.807) is 24.3 Å². The van der Waals surface area contributed by atoms with Crippen molar-refractivity contribution in [3.8, 4) is 0 Å². The highest BCUT2D eigenvalue weighted by Gasteiger charge is 2.35. The summed E-state index contributed by atoms with van der Waals surface area (Å²) in [6.45, 7) is 7.69. The second kappa shape index (κ2) is 12.9. The fourth-order valence-electron chi connectivity index (χ4n) is 5.34. The van der Waals surface area contributed by atoms with E-state index in [2.05, 4.69) is 36.7 Å². The van der Waals surface area contributed by atoms with E-state index in [-0.39, 0.29) is 22.6 Å². The SMILES string of the molecule is Cc1cc(NC(=O)NC(c2ccc(C(=O)NCC(O)C(=O)O)cc2)C2CCC(C(C)(C)C)CC2)cc(C(F)(F)F)c1. The largest absolute Gasteiger partial charge is 0.479 e. The minimum absolute atomic E-state index is 0.0283. The number of hydrogen-bond donors (Lipinski definition) is 5. The van der Waals surface area contributed by atoms with Crippen LogP contribution in [-0.2, 0) is 11.0 Å². The molecule has 1 fully saturated rings. The van der Waals surface area contributed by atoms with Crippen molar-refractivity contribution < 1.29 is 37.8 Å². The normalized spacial score (nSPS) is 19.1. The van der Waals surface area contributed by atoms with Gasteiger partial charge in [0, 0.05) is 11.3 Å². The van der Waals surface area contributed by atoms with Gasteiger partial charge in [-0.15, -0.1) is 0 Å². The summed E-state index contributed by atoms with van der Waals surface area (Å²) in [7, 11) is 0. The van der Waals surface area contributed by atoms with Gasteiger partial charge < -0.3 is 26.2 Å². The fourth-order valence-corrected chi connectivity index (χ4v) is 5.34. The summed E-state index contributed by atoms with van der Waals surface area (Å²) >= 11 is 0. The van der Waals surface area contributed by atoms with Gasteiger partial charge in [-0.3, -0.25) is 4.79 Å². The molecule has 0 aliphatic heterocycles. The molecule has 0 radical (unpaired) electrons. The van der Waals surface area contributed by atoms with Crippen LogP contribution in [0.2, 0.25) is 0 Å². The Bertz CT molecular complexity index is 1230. The van der Waals surface area contributed by atoms with E-state index in [1.165, 1.54) is 13.0 Å². The Morgan fingerprint density at radius 2 is 1.59 bits per heavy atom. The van der Waals surface area contributed by atoms with Crippen LogP contribution < -0.4 is 16.0 Å². The van der Waals surface area contributed by atoms with Gasteiger partial charge >= 0.3 is 18.2 Å².